The Morgan fingerprint density at radius 1 is 1.27 bits per heavy atom. The number of nitrogens with zero attached hydrogens (tertiary/aromatic N) is 3. The van der Waals surface area contributed by atoms with Gasteiger partial charge in [-0.15, -0.1) is 11.3 Å². The number of likely N-dealkylation sites (N-methyl/N-ethyl adjacent to an activating group) is 1. The smallest absolute Gasteiger partial charge is 0.191 e. The van der Waals surface area contributed by atoms with Gasteiger partial charge < -0.3 is 15.5 Å². The maximum Gasteiger partial charge on any atom is 0.191 e. The molecule has 26 heavy (non-hydrogen) atoms. The van der Waals surface area contributed by atoms with E-state index in [4.69, 9.17) is 11.6 Å². The van der Waals surface area contributed by atoms with Crippen LogP contribution in [0, 0.1) is 0 Å². The molecule has 0 saturated heterocycles. The molecule has 142 valence electrons. The topological polar surface area (TPSA) is 52.6 Å². The Morgan fingerprint density at radius 2 is 2.00 bits per heavy atom. The van der Waals surface area contributed by atoms with E-state index in [1.807, 2.05) is 18.3 Å². The van der Waals surface area contributed by atoms with Crippen molar-refractivity contribution < 1.29 is 0 Å². The predicted octanol–water partition coefficient (Wildman–Crippen LogP) is 3.37. The first-order chi connectivity index (χ1) is 12.5. The van der Waals surface area contributed by atoms with Crippen LogP contribution in [0.25, 0.3) is 0 Å². The van der Waals surface area contributed by atoms with Gasteiger partial charge in [-0.25, -0.2) is 4.98 Å². The molecule has 0 fully saturated rings. The molecule has 1 heterocycles. The molecule has 0 saturated carbocycles. The average molecular weight is 394 g/mol. The van der Waals surface area contributed by atoms with Crippen LogP contribution in [0.4, 0.5) is 0 Å². The van der Waals surface area contributed by atoms with Crippen LogP contribution in [-0.2, 0) is 12.8 Å². The summed E-state index contributed by atoms with van der Waals surface area (Å²) in [5, 5.41) is 8.70. The lowest BCUT2D eigenvalue weighted by Gasteiger charge is -2.26. The fourth-order valence-electron chi connectivity index (χ4n) is 2.61. The second kappa shape index (κ2) is 10.5. The summed E-state index contributed by atoms with van der Waals surface area (Å²) < 4.78 is 0. The van der Waals surface area contributed by atoms with Crippen LogP contribution in [-0.4, -0.2) is 50.1 Å². The lowest BCUT2D eigenvalue weighted by atomic mass is 10.1. The number of guanidine groups is 1. The van der Waals surface area contributed by atoms with E-state index in [0.717, 1.165) is 41.9 Å². The zero-order valence-corrected chi connectivity index (χ0v) is 17.5. The number of aromatic nitrogens is 1. The van der Waals surface area contributed by atoms with Gasteiger partial charge in [-0.2, -0.15) is 0 Å². The number of aryl methyl sites for hydroxylation is 1. The van der Waals surface area contributed by atoms with Crippen LogP contribution in [0.5, 0.6) is 0 Å². The lowest BCUT2D eigenvalue weighted by Crippen LogP contribution is -2.42. The summed E-state index contributed by atoms with van der Waals surface area (Å²) in [6, 6.07) is 8.23. The highest BCUT2D eigenvalue weighted by Gasteiger charge is 2.14. The van der Waals surface area contributed by atoms with E-state index < -0.39 is 0 Å². The van der Waals surface area contributed by atoms with E-state index in [2.05, 4.69) is 58.7 Å². The van der Waals surface area contributed by atoms with Crippen LogP contribution in [0.3, 0.4) is 0 Å². The first-order valence-electron chi connectivity index (χ1n) is 8.83. The Hall–Kier alpha value is -1.63. The van der Waals surface area contributed by atoms with E-state index in [-0.39, 0.29) is 6.04 Å². The van der Waals surface area contributed by atoms with Gasteiger partial charge in [0.2, 0.25) is 0 Å². The van der Waals surface area contributed by atoms with Gasteiger partial charge in [-0.05, 0) is 38.2 Å². The first-order valence-corrected chi connectivity index (χ1v) is 10.0. The molecule has 0 aliphatic heterocycles. The van der Waals surface area contributed by atoms with Crippen molar-refractivity contribution in [3.05, 3.63) is 50.9 Å². The number of thiazole rings is 1. The summed E-state index contributed by atoms with van der Waals surface area (Å²) in [6.45, 7) is 3.72. The van der Waals surface area contributed by atoms with Gasteiger partial charge in [0.25, 0.3) is 0 Å². The molecule has 0 aliphatic carbocycles. The molecule has 2 N–H and O–H groups in total. The molecule has 0 aliphatic rings. The molecule has 0 radical (unpaired) electrons. The molecule has 0 amide bonds. The Bertz CT molecular complexity index is 696. The summed E-state index contributed by atoms with van der Waals surface area (Å²) in [7, 11) is 5.94. The van der Waals surface area contributed by atoms with Crippen molar-refractivity contribution in [2.75, 3.05) is 34.2 Å². The number of aliphatic imine (C=N–C) groups is 1. The van der Waals surface area contributed by atoms with E-state index >= 15 is 0 Å². The molecule has 1 atom stereocenters. The van der Waals surface area contributed by atoms with Crippen LogP contribution >= 0.6 is 22.9 Å². The average Bonchev–Trinajstić information content (AvgIpc) is 3.09. The molecule has 2 aromatic rings. The van der Waals surface area contributed by atoms with Crippen LogP contribution in [0.15, 0.2) is 35.5 Å². The van der Waals surface area contributed by atoms with Gasteiger partial charge in [0.15, 0.2) is 5.96 Å². The monoisotopic (exact) mass is 393 g/mol. The maximum absolute atomic E-state index is 6.00. The van der Waals surface area contributed by atoms with Crippen molar-refractivity contribution in [3.63, 3.8) is 0 Å². The standard InChI is InChI=1S/C19H28ClN5S/c1-5-16-12-23-18(26-16)10-11-22-19(21-2)24-13-17(25(3)4)14-6-8-15(20)9-7-14/h6-9,12,17H,5,10-11,13H2,1-4H3,(H2,21,22,24). The third-order valence-electron chi connectivity index (χ3n) is 4.15. The van der Waals surface area contributed by atoms with Crippen LogP contribution < -0.4 is 10.6 Å². The fourth-order valence-corrected chi connectivity index (χ4v) is 3.60. The minimum atomic E-state index is 0.233. The molecule has 0 bridgehead atoms. The molecule has 1 unspecified atom stereocenters. The van der Waals surface area contributed by atoms with Crippen molar-refractivity contribution in [1.29, 1.82) is 0 Å². The normalized spacial score (nSPS) is 13.1. The van der Waals surface area contributed by atoms with Crippen molar-refractivity contribution in [2.45, 2.75) is 25.8 Å². The van der Waals surface area contributed by atoms with Crippen molar-refractivity contribution in [2.24, 2.45) is 4.99 Å². The first kappa shape index (κ1) is 20.7. The van der Waals surface area contributed by atoms with Crippen molar-refractivity contribution in [1.82, 2.24) is 20.5 Å². The summed E-state index contributed by atoms with van der Waals surface area (Å²) in [4.78, 5) is 12.3. The van der Waals surface area contributed by atoms with E-state index in [1.54, 1.807) is 18.4 Å². The Morgan fingerprint density at radius 3 is 2.58 bits per heavy atom. The van der Waals surface area contributed by atoms with E-state index in [1.165, 1.54) is 10.4 Å². The SMILES string of the molecule is CCc1cnc(CCNC(=NC)NCC(c2ccc(Cl)cc2)N(C)C)s1. The third kappa shape index (κ3) is 6.27. The molecule has 0 spiro atoms. The van der Waals surface area contributed by atoms with Gasteiger partial charge in [0, 0.05) is 42.7 Å². The largest absolute Gasteiger partial charge is 0.356 e. The van der Waals surface area contributed by atoms with Gasteiger partial charge >= 0.3 is 0 Å². The number of nitrogens with one attached hydrogen (secondary N) is 2. The molecule has 2 rings (SSSR count). The number of rotatable bonds is 8. The number of benzene rings is 1. The third-order valence-corrected chi connectivity index (χ3v) is 5.60. The zero-order chi connectivity index (χ0) is 18.9. The predicted molar refractivity (Wildman–Crippen MR) is 112 cm³/mol. The summed E-state index contributed by atoms with van der Waals surface area (Å²) in [5.41, 5.74) is 1.22. The highest BCUT2D eigenvalue weighted by molar-refractivity contribution is 7.11. The highest BCUT2D eigenvalue weighted by atomic mass is 35.5. The Labute approximate surface area is 165 Å². The minimum Gasteiger partial charge on any atom is -0.356 e. The molecule has 1 aromatic carbocycles. The fraction of sp³-hybridized carbons (Fsp3) is 0.474. The number of halogens is 1. The van der Waals surface area contributed by atoms with Crippen LogP contribution in [0.2, 0.25) is 5.02 Å². The zero-order valence-electron chi connectivity index (χ0n) is 15.9. The molecule has 1 aromatic heterocycles. The molecular formula is C19H28ClN5S. The second-order valence-corrected chi connectivity index (χ2v) is 7.87. The van der Waals surface area contributed by atoms with Crippen molar-refractivity contribution >= 4 is 28.9 Å². The van der Waals surface area contributed by atoms with Gasteiger partial charge in [-0.1, -0.05) is 30.7 Å². The molecule has 5 nitrogen and oxygen atoms in total. The summed E-state index contributed by atoms with van der Waals surface area (Å²) in [5.74, 6) is 0.804. The van der Waals surface area contributed by atoms with Gasteiger partial charge in [0.05, 0.1) is 11.0 Å². The minimum absolute atomic E-state index is 0.233. The molecule has 7 heteroatoms. The second-order valence-electron chi connectivity index (χ2n) is 6.23. The van der Waals surface area contributed by atoms with Gasteiger partial charge in [0.1, 0.15) is 0 Å². The highest BCUT2D eigenvalue weighted by Crippen LogP contribution is 2.19. The maximum atomic E-state index is 6.00. The lowest BCUT2D eigenvalue weighted by molar-refractivity contribution is 0.298. The van der Waals surface area contributed by atoms with E-state index in [0.29, 0.717) is 0 Å². The Kier molecular flexibility index (Phi) is 8.35. The summed E-state index contributed by atoms with van der Waals surface area (Å²) in [6.07, 6.45) is 3.92. The number of hydrogen-bond acceptors (Lipinski definition) is 4. The van der Waals surface area contributed by atoms with Crippen molar-refractivity contribution in [3.8, 4) is 0 Å². The summed E-state index contributed by atoms with van der Waals surface area (Å²) >= 11 is 7.79. The van der Waals surface area contributed by atoms with Gasteiger partial charge in [-0.3, -0.25) is 4.99 Å². The quantitative estimate of drug-likeness (QED) is 0.533. The van der Waals surface area contributed by atoms with Crippen LogP contribution in [0.1, 0.15) is 28.4 Å². The molecular weight excluding hydrogens is 366 g/mol. The number of hydrogen-bond donors (Lipinski definition) is 2. The Balaban J connectivity index is 1.84. The van der Waals surface area contributed by atoms with E-state index in [9.17, 15) is 0 Å².